The highest BCUT2D eigenvalue weighted by Gasteiger charge is 2.29. The fourth-order valence-corrected chi connectivity index (χ4v) is 3.07. The van der Waals surface area contributed by atoms with Crippen molar-refractivity contribution in [2.24, 2.45) is 5.73 Å². The summed E-state index contributed by atoms with van der Waals surface area (Å²) < 4.78 is 0. The number of nitrogens with two attached hydrogens (primary N) is 1. The van der Waals surface area contributed by atoms with Crippen LogP contribution in [0.3, 0.4) is 0 Å². The van der Waals surface area contributed by atoms with E-state index >= 15 is 0 Å². The molecule has 1 saturated heterocycles. The van der Waals surface area contributed by atoms with Crippen LogP contribution in [0.1, 0.15) is 11.6 Å². The zero-order chi connectivity index (χ0) is 16.2. The van der Waals surface area contributed by atoms with Crippen molar-refractivity contribution >= 4 is 23.3 Å². The zero-order valence-electron chi connectivity index (χ0n) is 12.7. The number of carbonyl (C=O) groups is 1. The minimum absolute atomic E-state index is 0.311. The van der Waals surface area contributed by atoms with Crippen LogP contribution in [0.4, 0.5) is 5.82 Å². The summed E-state index contributed by atoms with van der Waals surface area (Å²) in [6.07, 6.45) is 1.65. The van der Waals surface area contributed by atoms with Gasteiger partial charge in [-0.3, -0.25) is 9.69 Å². The van der Waals surface area contributed by atoms with Gasteiger partial charge in [0.05, 0.1) is 5.02 Å². The molecular formula is C17H19ClN4O. The molecule has 0 saturated carbocycles. The fourth-order valence-electron chi connectivity index (χ4n) is 2.95. The van der Waals surface area contributed by atoms with E-state index in [0.717, 1.165) is 37.6 Å². The molecule has 0 unspecified atom stereocenters. The highest BCUT2D eigenvalue weighted by atomic mass is 35.5. The summed E-state index contributed by atoms with van der Waals surface area (Å²) in [6.45, 7) is 3.11. The Bertz CT molecular complexity index is 654. The molecule has 2 N–H and O–H groups in total. The number of primary amides is 1. The van der Waals surface area contributed by atoms with Crippen molar-refractivity contribution in [2.75, 3.05) is 31.1 Å². The molecule has 1 aliphatic rings. The average molecular weight is 331 g/mol. The number of amides is 1. The minimum Gasteiger partial charge on any atom is -0.368 e. The van der Waals surface area contributed by atoms with Gasteiger partial charge in [0.2, 0.25) is 5.91 Å². The quantitative estimate of drug-likeness (QED) is 0.932. The number of hydrogen-bond acceptors (Lipinski definition) is 4. The highest BCUT2D eigenvalue weighted by molar-refractivity contribution is 6.30. The van der Waals surface area contributed by atoms with Gasteiger partial charge in [-0.2, -0.15) is 0 Å². The van der Waals surface area contributed by atoms with Crippen molar-refractivity contribution in [1.29, 1.82) is 0 Å². The van der Waals surface area contributed by atoms with E-state index < -0.39 is 0 Å². The lowest BCUT2D eigenvalue weighted by atomic mass is 10.0. The summed E-state index contributed by atoms with van der Waals surface area (Å²) in [4.78, 5) is 20.6. The lowest BCUT2D eigenvalue weighted by Crippen LogP contribution is -2.50. The molecule has 120 valence electrons. The first kappa shape index (κ1) is 15.8. The molecular weight excluding hydrogens is 312 g/mol. The second kappa shape index (κ2) is 6.98. The van der Waals surface area contributed by atoms with E-state index in [2.05, 4.69) is 14.8 Å². The minimum atomic E-state index is -0.378. The molecule has 23 heavy (non-hydrogen) atoms. The number of aromatic nitrogens is 1. The number of pyridine rings is 1. The van der Waals surface area contributed by atoms with Gasteiger partial charge in [0.15, 0.2) is 0 Å². The Labute approximate surface area is 140 Å². The van der Waals surface area contributed by atoms with Crippen LogP contribution in [-0.2, 0) is 4.79 Å². The molecule has 1 atom stereocenters. The third-order valence-electron chi connectivity index (χ3n) is 4.10. The zero-order valence-corrected chi connectivity index (χ0v) is 13.5. The van der Waals surface area contributed by atoms with E-state index in [4.69, 9.17) is 17.3 Å². The second-order valence-corrected chi connectivity index (χ2v) is 6.01. The summed E-state index contributed by atoms with van der Waals surface area (Å²) in [5, 5.41) is 0.630. The molecule has 0 aliphatic carbocycles. The number of carbonyl (C=O) groups excluding carboxylic acids is 1. The van der Waals surface area contributed by atoms with Crippen LogP contribution in [0, 0.1) is 0 Å². The monoisotopic (exact) mass is 330 g/mol. The SMILES string of the molecule is NC(=O)[C@H](c1ccccc1)N1CCN(c2ccc(Cl)cn2)CC1. The maximum atomic E-state index is 11.9. The predicted molar refractivity (Wildman–Crippen MR) is 91.4 cm³/mol. The molecule has 3 rings (SSSR count). The van der Waals surface area contributed by atoms with E-state index in [1.165, 1.54) is 0 Å². The molecule has 1 amide bonds. The summed E-state index contributed by atoms with van der Waals surface area (Å²) in [5.74, 6) is 0.596. The molecule has 5 nitrogen and oxygen atoms in total. The Morgan fingerprint density at radius 3 is 2.35 bits per heavy atom. The first-order valence-electron chi connectivity index (χ1n) is 7.60. The molecule has 0 radical (unpaired) electrons. The summed E-state index contributed by atoms with van der Waals surface area (Å²) in [7, 11) is 0. The first-order valence-corrected chi connectivity index (χ1v) is 7.98. The molecule has 1 fully saturated rings. The summed E-state index contributed by atoms with van der Waals surface area (Å²) in [6, 6.07) is 13.1. The van der Waals surface area contributed by atoms with E-state index in [9.17, 15) is 4.79 Å². The Morgan fingerprint density at radius 2 is 1.78 bits per heavy atom. The molecule has 1 aliphatic heterocycles. The number of rotatable bonds is 4. The number of halogens is 1. The van der Waals surface area contributed by atoms with E-state index in [-0.39, 0.29) is 11.9 Å². The van der Waals surface area contributed by atoms with Gasteiger partial charge in [-0.1, -0.05) is 41.9 Å². The average Bonchev–Trinajstić information content (AvgIpc) is 2.57. The Balaban J connectivity index is 1.69. The fraction of sp³-hybridized carbons (Fsp3) is 0.294. The Hall–Kier alpha value is -2.11. The van der Waals surface area contributed by atoms with Gasteiger partial charge >= 0.3 is 0 Å². The number of piperazine rings is 1. The lowest BCUT2D eigenvalue weighted by molar-refractivity contribution is -0.123. The van der Waals surface area contributed by atoms with Crippen molar-refractivity contribution in [3.63, 3.8) is 0 Å². The normalized spacial score (nSPS) is 17.0. The predicted octanol–water partition coefficient (Wildman–Crippen LogP) is 2.08. The van der Waals surface area contributed by atoms with Crippen molar-refractivity contribution in [1.82, 2.24) is 9.88 Å². The van der Waals surface area contributed by atoms with Crippen LogP contribution in [-0.4, -0.2) is 42.0 Å². The molecule has 2 heterocycles. The molecule has 6 heteroatoms. The third-order valence-corrected chi connectivity index (χ3v) is 4.32. The molecule has 1 aromatic carbocycles. The van der Waals surface area contributed by atoms with Crippen molar-refractivity contribution in [3.8, 4) is 0 Å². The van der Waals surface area contributed by atoms with Gasteiger partial charge in [0.25, 0.3) is 0 Å². The smallest absolute Gasteiger partial charge is 0.239 e. The number of benzene rings is 1. The third kappa shape index (κ3) is 3.63. The van der Waals surface area contributed by atoms with Crippen LogP contribution in [0.15, 0.2) is 48.7 Å². The van der Waals surface area contributed by atoms with Gasteiger partial charge in [-0.15, -0.1) is 0 Å². The number of nitrogens with zero attached hydrogens (tertiary/aromatic N) is 3. The van der Waals surface area contributed by atoms with E-state index in [1.54, 1.807) is 6.20 Å². The standard InChI is InChI=1S/C17H19ClN4O/c18-14-6-7-15(20-12-14)21-8-10-22(11-9-21)16(17(19)23)13-4-2-1-3-5-13/h1-7,12,16H,8-11H2,(H2,19,23)/t16-/m0/s1. The highest BCUT2D eigenvalue weighted by Crippen LogP contribution is 2.23. The number of anilines is 1. The Morgan fingerprint density at radius 1 is 1.09 bits per heavy atom. The maximum absolute atomic E-state index is 11.9. The van der Waals surface area contributed by atoms with E-state index in [0.29, 0.717) is 5.02 Å². The van der Waals surface area contributed by atoms with Crippen molar-refractivity contribution in [2.45, 2.75) is 6.04 Å². The van der Waals surface area contributed by atoms with Gasteiger partial charge in [-0.05, 0) is 17.7 Å². The van der Waals surface area contributed by atoms with Gasteiger partial charge < -0.3 is 10.6 Å². The van der Waals surface area contributed by atoms with Gasteiger partial charge in [-0.25, -0.2) is 4.98 Å². The van der Waals surface area contributed by atoms with Crippen LogP contribution >= 0.6 is 11.6 Å². The summed E-state index contributed by atoms with van der Waals surface area (Å²) in [5.41, 5.74) is 6.58. The lowest BCUT2D eigenvalue weighted by Gasteiger charge is -2.38. The largest absolute Gasteiger partial charge is 0.368 e. The molecule has 1 aromatic heterocycles. The van der Waals surface area contributed by atoms with Crippen molar-refractivity contribution < 1.29 is 4.79 Å². The van der Waals surface area contributed by atoms with Crippen LogP contribution in [0.5, 0.6) is 0 Å². The van der Waals surface area contributed by atoms with E-state index in [1.807, 2.05) is 42.5 Å². The molecule has 0 bridgehead atoms. The van der Waals surface area contributed by atoms with Crippen molar-refractivity contribution in [3.05, 3.63) is 59.2 Å². The van der Waals surface area contributed by atoms with Gasteiger partial charge in [0.1, 0.15) is 11.9 Å². The first-order chi connectivity index (χ1) is 11.1. The molecule has 2 aromatic rings. The Kier molecular flexibility index (Phi) is 4.79. The second-order valence-electron chi connectivity index (χ2n) is 5.57. The maximum Gasteiger partial charge on any atom is 0.239 e. The van der Waals surface area contributed by atoms with Crippen LogP contribution < -0.4 is 10.6 Å². The van der Waals surface area contributed by atoms with Gasteiger partial charge in [0, 0.05) is 32.4 Å². The molecule has 0 spiro atoms. The van der Waals surface area contributed by atoms with Crippen LogP contribution in [0.2, 0.25) is 5.02 Å². The number of hydrogen-bond donors (Lipinski definition) is 1. The van der Waals surface area contributed by atoms with Crippen LogP contribution in [0.25, 0.3) is 0 Å². The summed E-state index contributed by atoms with van der Waals surface area (Å²) >= 11 is 5.88. The topological polar surface area (TPSA) is 62.5 Å².